The lowest BCUT2D eigenvalue weighted by Gasteiger charge is -2.19. The summed E-state index contributed by atoms with van der Waals surface area (Å²) in [6.07, 6.45) is 0.845. The molecule has 0 unspecified atom stereocenters. The quantitative estimate of drug-likeness (QED) is 0.696. The van der Waals surface area contributed by atoms with E-state index in [2.05, 4.69) is 22.5 Å². The van der Waals surface area contributed by atoms with E-state index in [9.17, 15) is 5.11 Å². The van der Waals surface area contributed by atoms with Crippen LogP contribution in [-0.2, 0) is 12.1 Å². The van der Waals surface area contributed by atoms with Gasteiger partial charge in [-0.3, -0.25) is 0 Å². The number of para-hydroxylation sites is 2. The summed E-state index contributed by atoms with van der Waals surface area (Å²) in [5.41, 5.74) is 2.17. The van der Waals surface area contributed by atoms with Crippen molar-refractivity contribution in [3.8, 4) is 5.75 Å². The van der Waals surface area contributed by atoms with Crippen LogP contribution in [0.1, 0.15) is 31.7 Å². The highest BCUT2D eigenvalue weighted by molar-refractivity contribution is 5.76. The molecule has 0 spiro atoms. The predicted octanol–water partition coefficient (Wildman–Crippen LogP) is 4.04. The van der Waals surface area contributed by atoms with Crippen LogP contribution in [-0.4, -0.2) is 21.3 Å². The molecule has 2 aromatic carbocycles. The molecule has 0 radical (unpaired) electrons. The number of nitrogens with zero attached hydrogens (tertiary/aromatic N) is 2. The molecule has 0 amide bonds. The number of benzene rings is 2. The van der Waals surface area contributed by atoms with E-state index >= 15 is 0 Å². The Morgan fingerprint density at radius 3 is 2.67 bits per heavy atom. The molecule has 24 heavy (non-hydrogen) atoms. The van der Waals surface area contributed by atoms with E-state index < -0.39 is 5.60 Å². The van der Waals surface area contributed by atoms with Crippen LogP contribution in [0.3, 0.4) is 0 Å². The van der Waals surface area contributed by atoms with Gasteiger partial charge in [0.05, 0.1) is 17.6 Å². The number of aromatic nitrogens is 2. The lowest BCUT2D eigenvalue weighted by atomic mass is 10.1. The van der Waals surface area contributed by atoms with Gasteiger partial charge in [-0.25, -0.2) is 4.98 Å². The lowest BCUT2D eigenvalue weighted by molar-refractivity contribution is 0.0649. The topological polar surface area (TPSA) is 47.3 Å². The van der Waals surface area contributed by atoms with Gasteiger partial charge in [0.25, 0.3) is 0 Å². The molecule has 0 atom stereocenters. The van der Waals surface area contributed by atoms with Gasteiger partial charge < -0.3 is 14.4 Å². The Morgan fingerprint density at radius 2 is 1.92 bits per heavy atom. The van der Waals surface area contributed by atoms with Gasteiger partial charge in [-0.05, 0) is 57.0 Å². The molecule has 1 heterocycles. The lowest BCUT2D eigenvalue weighted by Crippen LogP contribution is -2.22. The van der Waals surface area contributed by atoms with Crippen molar-refractivity contribution in [2.75, 3.05) is 6.61 Å². The van der Waals surface area contributed by atoms with E-state index in [-0.39, 0.29) is 0 Å². The molecule has 0 saturated heterocycles. The summed E-state index contributed by atoms with van der Waals surface area (Å²) in [5.74, 6) is 1.59. The van der Waals surface area contributed by atoms with Gasteiger partial charge in [-0.15, -0.1) is 0 Å². The first-order valence-electron chi connectivity index (χ1n) is 8.33. The van der Waals surface area contributed by atoms with Crippen molar-refractivity contribution in [1.82, 2.24) is 9.55 Å². The van der Waals surface area contributed by atoms with Crippen LogP contribution in [0, 0.1) is 6.92 Å². The minimum Gasteiger partial charge on any atom is -0.494 e. The van der Waals surface area contributed by atoms with Crippen LogP contribution in [0.25, 0.3) is 11.0 Å². The molecule has 0 aliphatic carbocycles. The maximum Gasteiger partial charge on any atom is 0.141 e. The highest BCUT2D eigenvalue weighted by Gasteiger charge is 2.24. The van der Waals surface area contributed by atoms with E-state index in [1.54, 1.807) is 13.8 Å². The minimum absolute atomic E-state index is 0.626. The Kier molecular flexibility index (Phi) is 4.58. The number of aryl methyl sites for hydroxylation is 2. The third-order valence-electron chi connectivity index (χ3n) is 3.99. The van der Waals surface area contributed by atoms with E-state index in [0.29, 0.717) is 12.4 Å². The van der Waals surface area contributed by atoms with Crippen molar-refractivity contribution < 1.29 is 9.84 Å². The molecular formula is C20H24N2O2. The van der Waals surface area contributed by atoms with Crippen molar-refractivity contribution in [1.29, 1.82) is 0 Å². The molecule has 3 rings (SSSR count). The van der Waals surface area contributed by atoms with E-state index in [0.717, 1.165) is 29.7 Å². The normalized spacial score (nSPS) is 11.8. The predicted molar refractivity (Wildman–Crippen MR) is 96.3 cm³/mol. The third-order valence-corrected chi connectivity index (χ3v) is 3.99. The van der Waals surface area contributed by atoms with Crippen molar-refractivity contribution in [3.63, 3.8) is 0 Å². The molecule has 0 fully saturated rings. The first kappa shape index (κ1) is 16.5. The Labute approximate surface area is 142 Å². The summed E-state index contributed by atoms with van der Waals surface area (Å²) < 4.78 is 7.92. The van der Waals surface area contributed by atoms with Crippen LogP contribution < -0.4 is 4.74 Å². The zero-order valence-electron chi connectivity index (χ0n) is 14.5. The molecule has 0 aliphatic heterocycles. The Hall–Kier alpha value is -2.33. The zero-order valence-corrected chi connectivity index (χ0v) is 14.5. The number of hydrogen-bond donors (Lipinski definition) is 1. The summed E-state index contributed by atoms with van der Waals surface area (Å²) in [6, 6.07) is 16.0. The summed E-state index contributed by atoms with van der Waals surface area (Å²) >= 11 is 0. The molecule has 4 heteroatoms. The fourth-order valence-electron chi connectivity index (χ4n) is 2.89. The molecule has 3 aromatic rings. The van der Waals surface area contributed by atoms with Gasteiger partial charge in [0.1, 0.15) is 17.2 Å². The van der Waals surface area contributed by atoms with Crippen LogP contribution in [0.15, 0.2) is 48.5 Å². The van der Waals surface area contributed by atoms with Gasteiger partial charge in [0.2, 0.25) is 0 Å². The van der Waals surface area contributed by atoms with Crippen molar-refractivity contribution in [2.45, 2.75) is 39.3 Å². The second-order valence-corrected chi connectivity index (χ2v) is 6.65. The average molecular weight is 324 g/mol. The van der Waals surface area contributed by atoms with Crippen LogP contribution in [0.4, 0.5) is 0 Å². The third kappa shape index (κ3) is 3.60. The number of fused-ring (bicyclic) bond motifs is 1. The summed E-state index contributed by atoms with van der Waals surface area (Å²) in [7, 11) is 0. The van der Waals surface area contributed by atoms with Crippen LogP contribution in [0.2, 0.25) is 0 Å². The Morgan fingerprint density at radius 1 is 1.12 bits per heavy atom. The van der Waals surface area contributed by atoms with Gasteiger partial charge in [-0.2, -0.15) is 0 Å². The number of imidazole rings is 1. The summed E-state index contributed by atoms with van der Waals surface area (Å²) in [6.45, 7) is 6.98. The molecule has 0 saturated carbocycles. The van der Waals surface area contributed by atoms with Gasteiger partial charge >= 0.3 is 0 Å². The molecule has 0 aliphatic rings. The fraction of sp³-hybridized carbons (Fsp3) is 0.350. The molecule has 126 valence electrons. The Balaban J connectivity index is 1.72. The van der Waals surface area contributed by atoms with Crippen molar-refractivity contribution >= 4 is 11.0 Å². The van der Waals surface area contributed by atoms with Crippen molar-refractivity contribution in [2.24, 2.45) is 0 Å². The number of rotatable bonds is 6. The molecule has 4 nitrogen and oxygen atoms in total. The second-order valence-electron chi connectivity index (χ2n) is 6.65. The first-order chi connectivity index (χ1) is 11.4. The SMILES string of the molecule is Cc1cccc(OCCCn2c(C(C)(C)O)nc3ccccc32)c1. The minimum atomic E-state index is -0.976. The summed E-state index contributed by atoms with van der Waals surface area (Å²) in [5, 5.41) is 10.4. The maximum absolute atomic E-state index is 10.4. The van der Waals surface area contributed by atoms with E-state index in [1.165, 1.54) is 5.56 Å². The maximum atomic E-state index is 10.4. The highest BCUT2D eigenvalue weighted by atomic mass is 16.5. The van der Waals surface area contributed by atoms with E-state index in [1.807, 2.05) is 42.5 Å². The summed E-state index contributed by atoms with van der Waals surface area (Å²) in [4.78, 5) is 4.60. The number of ether oxygens (including phenoxy) is 1. The number of hydrogen-bond acceptors (Lipinski definition) is 3. The smallest absolute Gasteiger partial charge is 0.141 e. The molecule has 0 bridgehead atoms. The van der Waals surface area contributed by atoms with Crippen molar-refractivity contribution in [3.05, 3.63) is 59.9 Å². The molecule has 1 N–H and O–H groups in total. The molecular weight excluding hydrogens is 300 g/mol. The molecule has 1 aromatic heterocycles. The van der Waals surface area contributed by atoms with Gasteiger partial charge in [0.15, 0.2) is 0 Å². The zero-order chi connectivity index (χ0) is 17.2. The fourth-order valence-corrected chi connectivity index (χ4v) is 2.89. The van der Waals surface area contributed by atoms with E-state index in [4.69, 9.17) is 4.74 Å². The average Bonchev–Trinajstić information content (AvgIpc) is 2.91. The van der Waals surface area contributed by atoms with Crippen LogP contribution in [0.5, 0.6) is 5.75 Å². The Bertz CT molecular complexity index is 831. The van der Waals surface area contributed by atoms with Gasteiger partial charge in [0, 0.05) is 6.54 Å². The van der Waals surface area contributed by atoms with Gasteiger partial charge in [-0.1, -0.05) is 24.3 Å². The monoisotopic (exact) mass is 324 g/mol. The first-order valence-corrected chi connectivity index (χ1v) is 8.33. The number of aliphatic hydroxyl groups is 1. The second kappa shape index (κ2) is 6.65. The van der Waals surface area contributed by atoms with Crippen LogP contribution >= 0.6 is 0 Å². The highest BCUT2D eigenvalue weighted by Crippen LogP contribution is 2.25. The largest absolute Gasteiger partial charge is 0.494 e. The standard InChI is InChI=1S/C20H24N2O2/c1-15-8-6-9-16(14-15)24-13-7-12-22-18-11-5-4-10-17(18)21-19(22)20(2,3)23/h4-6,8-11,14,23H,7,12-13H2,1-3H3.